The summed E-state index contributed by atoms with van der Waals surface area (Å²) in [6.07, 6.45) is 3.90. The summed E-state index contributed by atoms with van der Waals surface area (Å²) in [5, 5.41) is 10.5. The molecule has 29 heavy (non-hydrogen) atoms. The van der Waals surface area contributed by atoms with Crippen molar-refractivity contribution in [1.82, 2.24) is 15.5 Å². The largest absolute Gasteiger partial charge is 0.372 e. The maximum absolute atomic E-state index is 12.1. The summed E-state index contributed by atoms with van der Waals surface area (Å²) < 4.78 is 0. The predicted molar refractivity (Wildman–Crippen MR) is 118 cm³/mol. The zero-order valence-corrected chi connectivity index (χ0v) is 17.1. The molecule has 4 rings (SSSR count). The lowest BCUT2D eigenvalue weighted by Gasteiger charge is -2.28. The van der Waals surface area contributed by atoms with Gasteiger partial charge in [0.25, 0.3) is 5.91 Å². The molecular weight excluding hydrogens is 360 g/mol. The van der Waals surface area contributed by atoms with Crippen LogP contribution in [0.4, 0.5) is 5.69 Å². The predicted octanol–water partition coefficient (Wildman–Crippen LogP) is 4.87. The number of H-pyrrole nitrogens is 1. The zero-order chi connectivity index (χ0) is 20.2. The number of nitrogens with one attached hydrogen (secondary N) is 2. The zero-order valence-electron chi connectivity index (χ0n) is 17.1. The summed E-state index contributed by atoms with van der Waals surface area (Å²) in [4.78, 5) is 14.6. The van der Waals surface area contributed by atoms with Crippen LogP contribution in [-0.2, 0) is 0 Å². The quantitative estimate of drug-likeness (QED) is 0.655. The van der Waals surface area contributed by atoms with Gasteiger partial charge in [-0.2, -0.15) is 5.10 Å². The highest BCUT2D eigenvalue weighted by molar-refractivity contribution is 5.94. The van der Waals surface area contributed by atoms with Crippen LogP contribution in [0, 0.1) is 0 Å². The fraction of sp³-hybridized carbons (Fsp3) is 0.333. The molecule has 0 spiro atoms. The van der Waals surface area contributed by atoms with Crippen LogP contribution in [0.5, 0.6) is 0 Å². The number of aromatic nitrogens is 2. The fourth-order valence-corrected chi connectivity index (χ4v) is 3.76. The molecule has 0 unspecified atom stereocenters. The number of carbonyl (C=O) groups is 1. The lowest BCUT2D eigenvalue weighted by Crippen LogP contribution is -2.29. The highest BCUT2D eigenvalue weighted by Crippen LogP contribution is 2.27. The van der Waals surface area contributed by atoms with Gasteiger partial charge in [-0.15, -0.1) is 0 Å². The van der Waals surface area contributed by atoms with Crippen molar-refractivity contribution in [2.45, 2.75) is 39.2 Å². The first kappa shape index (κ1) is 19.2. The molecule has 0 saturated carbocycles. The summed E-state index contributed by atoms with van der Waals surface area (Å²) in [5.41, 5.74) is 5.92. The molecule has 0 aliphatic carbocycles. The number of hydrogen-bond donors (Lipinski definition) is 2. The van der Waals surface area contributed by atoms with Crippen molar-refractivity contribution in [3.05, 3.63) is 60.2 Å². The van der Waals surface area contributed by atoms with Crippen molar-refractivity contribution in [1.29, 1.82) is 0 Å². The van der Waals surface area contributed by atoms with E-state index in [-0.39, 0.29) is 11.9 Å². The van der Waals surface area contributed by atoms with Gasteiger partial charge in [0, 0.05) is 35.9 Å². The Morgan fingerprint density at radius 3 is 2.28 bits per heavy atom. The van der Waals surface area contributed by atoms with Gasteiger partial charge < -0.3 is 10.2 Å². The van der Waals surface area contributed by atoms with E-state index in [4.69, 9.17) is 0 Å². The Labute approximate surface area is 172 Å². The number of anilines is 1. The van der Waals surface area contributed by atoms with Crippen molar-refractivity contribution in [3.63, 3.8) is 0 Å². The van der Waals surface area contributed by atoms with E-state index in [0.717, 1.165) is 35.6 Å². The number of hydrogen-bond acceptors (Lipinski definition) is 3. The maximum atomic E-state index is 12.1. The molecule has 1 fully saturated rings. The van der Waals surface area contributed by atoms with Gasteiger partial charge in [0.15, 0.2) is 0 Å². The summed E-state index contributed by atoms with van der Waals surface area (Å²) in [7, 11) is 0. The average Bonchev–Trinajstić information content (AvgIpc) is 3.24. The summed E-state index contributed by atoms with van der Waals surface area (Å²) in [5.74, 6) is -0.0503. The number of piperidine rings is 1. The molecule has 1 aromatic heterocycles. The van der Waals surface area contributed by atoms with E-state index in [9.17, 15) is 4.79 Å². The standard InChI is InChI=1S/C24H28N4O/c1-17(2)25-24(29)20-8-6-18(7-9-20)22-16-23(27-26-22)19-10-12-21(13-11-19)28-14-4-3-5-15-28/h6-13,16-17H,3-5,14-15H2,1-2H3,(H,25,29)(H,26,27). The van der Waals surface area contributed by atoms with Crippen LogP contribution in [0.15, 0.2) is 54.6 Å². The Kier molecular flexibility index (Phi) is 5.65. The Morgan fingerprint density at radius 1 is 0.966 bits per heavy atom. The molecular formula is C24H28N4O. The molecule has 1 amide bonds. The average molecular weight is 389 g/mol. The number of benzene rings is 2. The smallest absolute Gasteiger partial charge is 0.251 e. The summed E-state index contributed by atoms with van der Waals surface area (Å²) >= 11 is 0. The summed E-state index contributed by atoms with van der Waals surface area (Å²) in [6.45, 7) is 6.21. The van der Waals surface area contributed by atoms with Crippen LogP contribution < -0.4 is 10.2 Å². The molecule has 2 N–H and O–H groups in total. The van der Waals surface area contributed by atoms with Crippen LogP contribution >= 0.6 is 0 Å². The topological polar surface area (TPSA) is 61.0 Å². The van der Waals surface area contributed by atoms with E-state index in [0.29, 0.717) is 5.56 Å². The van der Waals surface area contributed by atoms with Gasteiger partial charge in [-0.3, -0.25) is 9.89 Å². The maximum Gasteiger partial charge on any atom is 0.251 e. The van der Waals surface area contributed by atoms with Crippen LogP contribution in [0.2, 0.25) is 0 Å². The first-order valence-corrected chi connectivity index (χ1v) is 10.4. The third-order valence-corrected chi connectivity index (χ3v) is 5.34. The Bertz CT molecular complexity index is 951. The fourth-order valence-electron chi connectivity index (χ4n) is 3.76. The summed E-state index contributed by atoms with van der Waals surface area (Å²) in [6, 6.07) is 18.4. The van der Waals surface area contributed by atoms with Crippen molar-refractivity contribution >= 4 is 11.6 Å². The van der Waals surface area contributed by atoms with Crippen LogP contribution in [0.3, 0.4) is 0 Å². The first-order valence-electron chi connectivity index (χ1n) is 10.4. The molecule has 5 nitrogen and oxygen atoms in total. The van der Waals surface area contributed by atoms with E-state index >= 15 is 0 Å². The molecule has 150 valence electrons. The third kappa shape index (κ3) is 4.50. The first-order chi connectivity index (χ1) is 14.1. The normalized spacial score (nSPS) is 14.2. The number of aromatic amines is 1. The van der Waals surface area contributed by atoms with Gasteiger partial charge in [-0.05, 0) is 69.0 Å². The van der Waals surface area contributed by atoms with Gasteiger partial charge in [0.2, 0.25) is 0 Å². The molecule has 5 heteroatoms. The van der Waals surface area contributed by atoms with Crippen molar-refractivity contribution in [2.24, 2.45) is 0 Å². The van der Waals surface area contributed by atoms with Crippen molar-refractivity contribution < 1.29 is 4.79 Å². The number of carbonyl (C=O) groups excluding carboxylic acids is 1. The second-order valence-electron chi connectivity index (χ2n) is 7.97. The second-order valence-corrected chi connectivity index (χ2v) is 7.97. The molecule has 0 bridgehead atoms. The lowest BCUT2D eigenvalue weighted by atomic mass is 10.1. The molecule has 3 aromatic rings. The minimum Gasteiger partial charge on any atom is -0.372 e. The van der Waals surface area contributed by atoms with Crippen molar-refractivity contribution in [2.75, 3.05) is 18.0 Å². The third-order valence-electron chi connectivity index (χ3n) is 5.34. The van der Waals surface area contributed by atoms with E-state index in [1.165, 1.54) is 24.9 Å². The number of amides is 1. The van der Waals surface area contributed by atoms with E-state index < -0.39 is 0 Å². The molecule has 2 heterocycles. The Hall–Kier alpha value is -3.08. The highest BCUT2D eigenvalue weighted by atomic mass is 16.1. The number of nitrogens with zero attached hydrogens (tertiary/aromatic N) is 2. The Morgan fingerprint density at radius 2 is 1.62 bits per heavy atom. The highest BCUT2D eigenvalue weighted by Gasteiger charge is 2.12. The SMILES string of the molecule is CC(C)NC(=O)c1ccc(-c2cc(-c3ccc(N4CCCCC4)cc3)n[nH]2)cc1. The molecule has 1 saturated heterocycles. The van der Waals surface area contributed by atoms with Crippen molar-refractivity contribution in [3.8, 4) is 22.5 Å². The van der Waals surface area contributed by atoms with Gasteiger partial charge in [-0.25, -0.2) is 0 Å². The van der Waals surface area contributed by atoms with Gasteiger partial charge in [0.05, 0.1) is 11.4 Å². The van der Waals surface area contributed by atoms with Crippen LogP contribution in [-0.4, -0.2) is 35.2 Å². The monoisotopic (exact) mass is 388 g/mol. The second kappa shape index (κ2) is 8.52. The molecule has 1 aliphatic rings. The molecule has 2 aromatic carbocycles. The molecule has 0 atom stereocenters. The van der Waals surface area contributed by atoms with E-state index in [1.807, 2.05) is 38.1 Å². The minimum absolute atomic E-state index is 0.0503. The van der Waals surface area contributed by atoms with Gasteiger partial charge in [-0.1, -0.05) is 24.3 Å². The molecule has 0 radical (unpaired) electrons. The van der Waals surface area contributed by atoms with E-state index in [2.05, 4.69) is 50.7 Å². The number of rotatable bonds is 5. The van der Waals surface area contributed by atoms with Gasteiger partial charge in [0.1, 0.15) is 0 Å². The van der Waals surface area contributed by atoms with E-state index in [1.54, 1.807) is 0 Å². The van der Waals surface area contributed by atoms with Crippen LogP contribution in [0.1, 0.15) is 43.5 Å². The molecule has 1 aliphatic heterocycles. The lowest BCUT2D eigenvalue weighted by molar-refractivity contribution is 0.0943. The van der Waals surface area contributed by atoms with Crippen LogP contribution in [0.25, 0.3) is 22.5 Å². The van der Waals surface area contributed by atoms with Gasteiger partial charge >= 0.3 is 0 Å². The Balaban J connectivity index is 1.47. The minimum atomic E-state index is -0.0503.